The average Bonchev–Trinajstić information content (AvgIpc) is 2.77. The summed E-state index contributed by atoms with van der Waals surface area (Å²) in [6.45, 7) is 0. The Morgan fingerprint density at radius 1 is 1.22 bits per heavy atom. The molecule has 0 radical (unpaired) electrons. The lowest BCUT2D eigenvalue weighted by Crippen LogP contribution is -1.90. The standard InChI is InChI=1S/C13H8BrFN2O/c14-9-2-1-3-11-12(9)18-13(17-11)8-6-7(15)4-5-10(8)16/h1-6H,16H2. The molecule has 0 saturated carbocycles. The van der Waals surface area contributed by atoms with Crippen molar-refractivity contribution < 1.29 is 8.81 Å². The van der Waals surface area contributed by atoms with E-state index in [4.69, 9.17) is 10.2 Å². The van der Waals surface area contributed by atoms with Gasteiger partial charge in [0, 0.05) is 5.69 Å². The Hall–Kier alpha value is -1.88. The molecule has 90 valence electrons. The number of rotatable bonds is 1. The van der Waals surface area contributed by atoms with Gasteiger partial charge in [-0.3, -0.25) is 0 Å². The third kappa shape index (κ3) is 1.76. The van der Waals surface area contributed by atoms with Gasteiger partial charge in [0.1, 0.15) is 11.3 Å². The van der Waals surface area contributed by atoms with Crippen LogP contribution >= 0.6 is 15.9 Å². The molecule has 0 atom stereocenters. The molecule has 1 heterocycles. The summed E-state index contributed by atoms with van der Waals surface area (Å²) in [5.74, 6) is -0.0607. The third-order valence-corrected chi connectivity index (χ3v) is 3.24. The van der Waals surface area contributed by atoms with Crippen LogP contribution < -0.4 is 5.73 Å². The van der Waals surface area contributed by atoms with Crippen molar-refractivity contribution in [3.8, 4) is 11.5 Å². The van der Waals surface area contributed by atoms with Crippen LogP contribution in [0, 0.1) is 5.82 Å². The van der Waals surface area contributed by atoms with Crippen molar-refractivity contribution in [3.63, 3.8) is 0 Å². The van der Waals surface area contributed by atoms with Gasteiger partial charge in [0.05, 0.1) is 10.0 Å². The summed E-state index contributed by atoms with van der Waals surface area (Å²) in [6.07, 6.45) is 0. The predicted molar refractivity (Wildman–Crippen MR) is 71.5 cm³/mol. The Morgan fingerprint density at radius 2 is 2.06 bits per heavy atom. The van der Waals surface area contributed by atoms with E-state index >= 15 is 0 Å². The quantitative estimate of drug-likeness (QED) is 0.692. The van der Waals surface area contributed by atoms with Crippen LogP contribution in [0.2, 0.25) is 0 Å². The van der Waals surface area contributed by atoms with E-state index in [1.165, 1.54) is 18.2 Å². The summed E-state index contributed by atoms with van der Waals surface area (Å²) >= 11 is 3.38. The normalized spacial score (nSPS) is 11.0. The highest BCUT2D eigenvalue weighted by Gasteiger charge is 2.13. The average molecular weight is 307 g/mol. The minimum Gasteiger partial charge on any atom is -0.435 e. The molecule has 0 unspecified atom stereocenters. The summed E-state index contributed by atoms with van der Waals surface area (Å²) in [5, 5.41) is 0. The van der Waals surface area contributed by atoms with E-state index in [0.717, 1.165) is 4.47 Å². The zero-order valence-electron chi connectivity index (χ0n) is 9.15. The Bertz CT molecular complexity index is 739. The van der Waals surface area contributed by atoms with Crippen LogP contribution in [0.5, 0.6) is 0 Å². The van der Waals surface area contributed by atoms with Gasteiger partial charge in [-0.2, -0.15) is 0 Å². The molecule has 0 saturated heterocycles. The molecule has 0 fully saturated rings. The van der Waals surface area contributed by atoms with Gasteiger partial charge in [-0.1, -0.05) is 6.07 Å². The number of hydrogen-bond donors (Lipinski definition) is 1. The maximum atomic E-state index is 13.2. The molecule has 2 aromatic carbocycles. The summed E-state index contributed by atoms with van der Waals surface area (Å²) < 4.78 is 19.6. The van der Waals surface area contributed by atoms with E-state index < -0.39 is 0 Å². The molecule has 0 spiro atoms. The first-order valence-corrected chi connectivity index (χ1v) is 6.05. The summed E-state index contributed by atoms with van der Waals surface area (Å²) in [7, 11) is 0. The number of nitrogens with zero attached hydrogens (tertiary/aromatic N) is 1. The Labute approximate surface area is 111 Å². The predicted octanol–water partition coefficient (Wildman–Crippen LogP) is 3.98. The van der Waals surface area contributed by atoms with Crippen LogP contribution in [0.15, 0.2) is 45.3 Å². The first-order chi connectivity index (χ1) is 8.65. The van der Waals surface area contributed by atoms with Gasteiger partial charge >= 0.3 is 0 Å². The molecule has 3 aromatic rings. The summed E-state index contributed by atoms with van der Waals surface area (Å²) in [6, 6.07) is 9.64. The SMILES string of the molecule is Nc1ccc(F)cc1-c1nc2cccc(Br)c2o1. The molecule has 3 nitrogen and oxygen atoms in total. The van der Waals surface area contributed by atoms with Crippen LogP contribution in [-0.4, -0.2) is 4.98 Å². The van der Waals surface area contributed by atoms with Crippen molar-refractivity contribution in [3.05, 3.63) is 46.7 Å². The van der Waals surface area contributed by atoms with Crippen LogP contribution in [-0.2, 0) is 0 Å². The van der Waals surface area contributed by atoms with Crippen molar-refractivity contribution >= 4 is 32.7 Å². The number of nitrogens with two attached hydrogens (primary N) is 1. The van der Waals surface area contributed by atoms with Gasteiger partial charge in [0.25, 0.3) is 0 Å². The van der Waals surface area contributed by atoms with Gasteiger partial charge in [-0.25, -0.2) is 9.37 Å². The molecule has 0 amide bonds. The molecular formula is C13H8BrFN2O. The minimum atomic E-state index is -0.375. The molecule has 0 aliphatic rings. The van der Waals surface area contributed by atoms with E-state index in [2.05, 4.69) is 20.9 Å². The highest BCUT2D eigenvalue weighted by molar-refractivity contribution is 9.10. The molecule has 2 N–H and O–H groups in total. The van der Waals surface area contributed by atoms with Crippen LogP contribution in [0.4, 0.5) is 10.1 Å². The number of hydrogen-bond acceptors (Lipinski definition) is 3. The second-order valence-electron chi connectivity index (χ2n) is 3.84. The topological polar surface area (TPSA) is 52.0 Å². The van der Waals surface area contributed by atoms with Crippen molar-refractivity contribution in [2.75, 3.05) is 5.73 Å². The number of oxazole rings is 1. The Morgan fingerprint density at radius 3 is 2.83 bits per heavy atom. The maximum Gasteiger partial charge on any atom is 0.229 e. The van der Waals surface area contributed by atoms with Crippen molar-refractivity contribution in [1.82, 2.24) is 4.98 Å². The molecule has 0 aliphatic carbocycles. The van der Waals surface area contributed by atoms with E-state index in [0.29, 0.717) is 28.2 Å². The fourth-order valence-corrected chi connectivity index (χ4v) is 2.18. The first kappa shape index (κ1) is 11.2. The van der Waals surface area contributed by atoms with Crippen LogP contribution in [0.3, 0.4) is 0 Å². The van der Waals surface area contributed by atoms with E-state index in [1.807, 2.05) is 18.2 Å². The second-order valence-corrected chi connectivity index (χ2v) is 4.69. The molecule has 0 aliphatic heterocycles. The number of anilines is 1. The van der Waals surface area contributed by atoms with Crippen molar-refractivity contribution in [1.29, 1.82) is 0 Å². The molecule has 3 rings (SSSR count). The zero-order valence-corrected chi connectivity index (χ0v) is 10.7. The Balaban J connectivity index is 2.26. The van der Waals surface area contributed by atoms with Gasteiger partial charge in [0.2, 0.25) is 5.89 Å². The van der Waals surface area contributed by atoms with E-state index in [1.54, 1.807) is 0 Å². The molecular weight excluding hydrogens is 299 g/mol. The van der Waals surface area contributed by atoms with E-state index in [9.17, 15) is 4.39 Å². The molecule has 1 aromatic heterocycles. The third-order valence-electron chi connectivity index (χ3n) is 2.61. The number of para-hydroxylation sites is 1. The van der Waals surface area contributed by atoms with Crippen LogP contribution in [0.1, 0.15) is 0 Å². The maximum absolute atomic E-state index is 13.2. The number of halogens is 2. The largest absolute Gasteiger partial charge is 0.435 e. The lowest BCUT2D eigenvalue weighted by molar-refractivity contribution is 0.610. The van der Waals surface area contributed by atoms with Crippen LogP contribution in [0.25, 0.3) is 22.6 Å². The van der Waals surface area contributed by atoms with Crippen molar-refractivity contribution in [2.45, 2.75) is 0 Å². The molecule has 18 heavy (non-hydrogen) atoms. The van der Waals surface area contributed by atoms with E-state index in [-0.39, 0.29) is 5.82 Å². The van der Waals surface area contributed by atoms with Gasteiger partial charge in [0.15, 0.2) is 5.58 Å². The fourth-order valence-electron chi connectivity index (χ4n) is 1.74. The van der Waals surface area contributed by atoms with Gasteiger partial charge in [-0.05, 0) is 46.3 Å². The second kappa shape index (κ2) is 4.10. The summed E-state index contributed by atoms with van der Waals surface area (Å²) in [5.41, 5.74) is 8.01. The fraction of sp³-hybridized carbons (Fsp3) is 0. The lowest BCUT2D eigenvalue weighted by Gasteiger charge is -2.00. The molecule has 0 bridgehead atoms. The summed E-state index contributed by atoms with van der Waals surface area (Å²) in [4.78, 5) is 4.30. The van der Waals surface area contributed by atoms with Crippen molar-refractivity contribution in [2.24, 2.45) is 0 Å². The number of aromatic nitrogens is 1. The first-order valence-electron chi connectivity index (χ1n) is 5.25. The van der Waals surface area contributed by atoms with Gasteiger partial charge in [-0.15, -0.1) is 0 Å². The highest BCUT2D eigenvalue weighted by atomic mass is 79.9. The highest BCUT2D eigenvalue weighted by Crippen LogP contribution is 2.32. The Kier molecular flexibility index (Phi) is 2.56. The smallest absolute Gasteiger partial charge is 0.229 e. The zero-order chi connectivity index (χ0) is 12.7. The van der Waals surface area contributed by atoms with Gasteiger partial charge < -0.3 is 10.2 Å². The molecule has 5 heteroatoms. The monoisotopic (exact) mass is 306 g/mol. The number of benzene rings is 2. The minimum absolute atomic E-state index is 0.314. The number of nitrogen functional groups attached to an aromatic ring is 1. The lowest BCUT2D eigenvalue weighted by atomic mass is 10.2. The number of fused-ring (bicyclic) bond motifs is 1.